The van der Waals surface area contributed by atoms with Gasteiger partial charge < -0.3 is 15.5 Å². The average molecular weight is 550 g/mol. The van der Waals surface area contributed by atoms with Gasteiger partial charge in [0.05, 0.1) is 22.0 Å². The maximum Gasteiger partial charge on any atom is 0.223 e. The number of rotatable bonds is 10. The maximum absolute atomic E-state index is 12.1. The molecule has 194 valence electrons. The molecule has 2 aromatic heterocycles. The Bertz CT molecular complexity index is 1270. The molecule has 36 heavy (non-hydrogen) atoms. The van der Waals surface area contributed by atoms with E-state index in [0.29, 0.717) is 30.6 Å². The van der Waals surface area contributed by atoms with Gasteiger partial charge in [-0.25, -0.2) is 27.7 Å². The minimum absolute atomic E-state index is 0.141. The lowest BCUT2D eigenvalue weighted by molar-refractivity contribution is 0.330. The molecule has 4 rings (SSSR count). The molecule has 0 aliphatic carbocycles. The van der Waals surface area contributed by atoms with Gasteiger partial charge in [0.2, 0.25) is 16.0 Å². The minimum Gasteiger partial charge on any atom is -0.359 e. The number of sulfonamides is 1. The molecule has 0 spiro atoms. The van der Waals surface area contributed by atoms with Gasteiger partial charge in [-0.3, -0.25) is 0 Å². The maximum atomic E-state index is 12.1. The van der Waals surface area contributed by atoms with Gasteiger partial charge in [-0.1, -0.05) is 41.1 Å². The number of thiazole rings is 1. The van der Waals surface area contributed by atoms with Crippen LogP contribution in [0.25, 0.3) is 21.8 Å². The second-order valence-corrected chi connectivity index (χ2v) is 12.6. The third-order valence-electron chi connectivity index (χ3n) is 6.02. The number of hydrogen-bond donors (Lipinski definition) is 2. The summed E-state index contributed by atoms with van der Waals surface area (Å²) in [6, 6.07) is 9.75. The van der Waals surface area contributed by atoms with E-state index in [1.165, 1.54) is 11.3 Å². The Labute approximate surface area is 222 Å². The van der Waals surface area contributed by atoms with Gasteiger partial charge in [-0.2, -0.15) is 0 Å². The topological polar surface area (TPSA) is 103 Å². The van der Waals surface area contributed by atoms with Crippen LogP contribution in [-0.4, -0.2) is 84.6 Å². The van der Waals surface area contributed by atoms with Crippen molar-refractivity contribution in [1.29, 1.82) is 0 Å². The smallest absolute Gasteiger partial charge is 0.223 e. The third kappa shape index (κ3) is 6.71. The average Bonchev–Trinajstić information content (AvgIpc) is 3.33. The van der Waals surface area contributed by atoms with Gasteiger partial charge in [-0.05, 0) is 46.0 Å². The van der Waals surface area contributed by atoms with Crippen molar-refractivity contribution in [3.05, 3.63) is 41.6 Å². The molecule has 9 nitrogen and oxygen atoms in total. The van der Waals surface area contributed by atoms with Crippen LogP contribution in [0.15, 0.2) is 36.5 Å². The van der Waals surface area contributed by atoms with Crippen molar-refractivity contribution in [3.63, 3.8) is 0 Å². The second-order valence-electron chi connectivity index (χ2n) is 8.92. The number of benzene rings is 1. The highest BCUT2D eigenvalue weighted by molar-refractivity contribution is 7.89. The predicted octanol–water partition coefficient (Wildman–Crippen LogP) is 4.12. The SMILES string of the molecule is CCS(=O)(=O)N1CCC(Nc2ncc(-c3cc(-c4ccccc4Cl)nc(NCCN(C)C)n3)s2)CC1. The zero-order chi connectivity index (χ0) is 25.7. The monoisotopic (exact) mass is 549 g/mol. The number of aromatic nitrogens is 3. The van der Waals surface area contributed by atoms with Crippen LogP contribution in [0.1, 0.15) is 19.8 Å². The van der Waals surface area contributed by atoms with Crippen LogP contribution in [0.5, 0.6) is 0 Å². The molecule has 1 aromatic carbocycles. The first kappa shape index (κ1) is 26.7. The molecule has 0 amide bonds. The van der Waals surface area contributed by atoms with Gasteiger partial charge in [0.1, 0.15) is 0 Å². The molecule has 0 radical (unpaired) electrons. The molecule has 0 unspecified atom stereocenters. The Balaban J connectivity index is 1.52. The van der Waals surface area contributed by atoms with E-state index in [1.807, 2.05) is 50.6 Å². The van der Waals surface area contributed by atoms with E-state index in [4.69, 9.17) is 21.6 Å². The van der Waals surface area contributed by atoms with Gasteiger partial charge in [0, 0.05) is 49.0 Å². The number of hydrogen-bond acceptors (Lipinski definition) is 9. The summed E-state index contributed by atoms with van der Waals surface area (Å²) in [6.45, 7) is 4.30. The van der Waals surface area contributed by atoms with Crippen LogP contribution in [0.4, 0.5) is 11.1 Å². The summed E-state index contributed by atoms with van der Waals surface area (Å²) in [5.41, 5.74) is 2.35. The van der Waals surface area contributed by atoms with Crippen molar-refractivity contribution in [2.75, 3.05) is 56.7 Å². The third-order valence-corrected chi connectivity index (χ3v) is 9.18. The lowest BCUT2D eigenvalue weighted by atomic mass is 10.1. The second kappa shape index (κ2) is 11.8. The highest BCUT2D eigenvalue weighted by atomic mass is 35.5. The number of halogens is 1. The largest absolute Gasteiger partial charge is 0.359 e. The fourth-order valence-corrected chi connectivity index (χ4v) is 6.16. The molecular formula is C24H32ClN7O2S2. The number of nitrogens with zero attached hydrogens (tertiary/aromatic N) is 5. The van der Waals surface area contributed by atoms with Crippen LogP contribution in [0.3, 0.4) is 0 Å². The van der Waals surface area contributed by atoms with E-state index in [-0.39, 0.29) is 11.8 Å². The van der Waals surface area contributed by atoms with Crippen LogP contribution in [0, 0.1) is 0 Å². The Morgan fingerprint density at radius 3 is 2.58 bits per heavy atom. The van der Waals surface area contributed by atoms with E-state index < -0.39 is 10.0 Å². The van der Waals surface area contributed by atoms with Crippen LogP contribution < -0.4 is 10.6 Å². The van der Waals surface area contributed by atoms with E-state index in [9.17, 15) is 8.42 Å². The first-order valence-electron chi connectivity index (χ1n) is 12.0. The Morgan fingerprint density at radius 1 is 1.17 bits per heavy atom. The van der Waals surface area contributed by atoms with E-state index >= 15 is 0 Å². The summed E-state index contributed by atoms with van der Waals surface area (Å²) in [5.74, 6) is 0.680. The molecule has 12 heteroatoms. The summed E-state index contributed by atoms with van der Waals surface area (Å²) < 4.78 is 25.8. The Morgan fingerprint density at radius 2 is 1.89 bits per heavy atom. The molecular weight excluding hydrogens is 518 g/mol. The van der Waals surface area contributed by atoms with Crippen LogP contribution in [-0.2, 0) is 10.0 Å². The van der Waals surface area contributed by atoms with Crippen molar-refractivity contribution >= 4 is 44.0 Å². The first-order chi connectivity index (χ1) is 17.2. The van der Waals surface area contributed by atoms with Gasteiger partial charge in [0.15, 0.2) is 5.13 Å². The standard InChI is InChI=1S/C24H32ClN7O2S2/c1-4-36(33,34)32-12-9-17(10-13-32)28-24-27-16-22(35-24)21-15-20(18-7-5-6-8-19(18)25)29-23(30-21)26-11-14-31(2)3/h5-8,15-17H,4,9-14H2,1-3H3,(H,27,28)(H,26,29,30). The molecule has 3 heterocycles. The van der Waals surface area contributed by atoms with Crippen molar-refractivity contribution in [2.45, 2.75) is 25.8 Å². The predicted molar refractivity (Wildman–Crippen MR) is 148 cm³/mol. The van der Waals surface area contributed by atoms with Crippen LogP contribution >= 0.6 is 22.9 Å². The van der Waals surface area contributed by atoms with Gasteiger partial charge in [0.25, 0.3) is 0 Å². The van der Waals surface area contributed by atoms with Crippen molar-refractivity contribution < 1.29 is 8.42 Å². The van der Waals surface area contributed by atoms with Crippen LogP contribution in [0.2, 0.25) is 5.02 Å². The molecule has 1 aliphatic rings. The molecule has 0 saturated carbocycles. The van der Waals surface area contributed by atoms with E-state index in [1.54, 1.807) is 11.2 Å². The van der Waals surface area contributed by atoms with Crippen molar-refractivity contribution in [2.24, 2.45) is 0 Å². The number of nitrogens with one attached hydrogen (secondary N) is 2. The lowest BCUT2D eigenvalue weighted by Gasteiger charge is -2.31. The summed E-state index contributed by atoms with van der Waals surface area (Å²) in [5, 5.41) is 8.22. The molecule has 2 N–H and O–H groups in total. The van der Waals surface area contributed by atoms with Crippen molar-refractivity contribution in [1.82, 2.24) is 24.2 Å². The summed E-state index contributed by atoms with van der Waals surface area (Å²) in [7, 11) is 0.906. The molecule has 3 aromatic rings. The fourth-order valence-electron chi connectivity index (χ4n) is 3.95. The van der Waals surface area contributed by atoms with Gasteiger partial charge in [-0.15, -0.1) is 0 Å². The number of piperidine rings is 1. The highest BCUT2D eigenvalue weighted by Gasteiger charge is 2.27. The highest BCUT2D eigenvalue weighted by Crippen LogP contribution is 2.33. The number of anilines is 2. The van der Waals surface area contributed by atoms with E-state index in [2.05, 4.69) is 20.5 Å². The summed E-state index contributed by atoms with van der Waals surface area (Å²) in [6.07, 6.45) is 3.31. The normalized spacial score (nSPS) is 15.4. The molecule has 1 aliphatic heterocycles. The summed E-state index contributed by atoms with van der Waals surface area (Å²) >= 11 is 7.99. The zero-order valence-corrected chi connectivity index (χ0v) is 23.1. The fraction of sp³-hybridized carbons (Fsp3) is 0.458. The lowest BCUT2D eigenvalue weighted by Crippen LogP contribution is -2.42. The first-order valence-corrected chi connectivity index (χ1v) is 14.8. The van der Waals surface area contributed by atoms with E-state index in [0.717, 1.165) is 46.3 Å². The number of likely N-dealkylation sites (N-methyl/N-ethyl adjacent to an activating group) is 1. The van der Waals surface area contributed by atoms with Crippen molar-refractivity contribution in [3.8, 4) is 21.8 Å². The molecule has 0 atom stereocenters. The van der Waals surface area contributed by atoms with Gasteiger partial charge >= 0.3 is 0 Å². The Hall–Kier alpha value is -2.31. The molecule has 0 bridgehead atoms. The molecule has 1 saturated heterocycles. The molecule has 1 fully saturated rings. The summed E-state index contributed by atoms with van der Waals surface area (Å²) in [4.78, 5) is 17.0. The minimum atomic E-state index is -3.13. The quantitative estimate of drug-likeness (QED) is 0.389. The Kier molecular flexibility index (Phi) is 8.78. The zero-order valence-electron chi connectivity index (χ0n) is 20.7.